The Morgan fingerprint density at radius 2 is 1.78 bits per heavy atom. The Balaban J connectivity index is 1.89. The first-order valence-corrected chi connectivity index (χ1v) is 11.8. The zero-order valence-electron chi connectivity index (χ0n) is 19.1. The fourth-order valence-electron chi connectivity index (χ4n) is 4.77. The molecule has 4 rings (SSSR count). The van der Waals surface area contributed by atoms with Gasteiger partial charge < -0.3 is 14.1 Å². The summed E-state index contributed by atoms with van der Waals surface area (Å²) in [5, 5.41) is 1.77. The summed E-state index contributed by atoms with van der Waals surface area (Å²) >= 11 is 6.05. The number of carbonyl (C=O) groups is 2. The molecule has 2 aromatic carbocycles. The number of methoxy groups -OCH3 is 1. The first-order valence-electron chi connectivity index (χ1n) is 11.3. The molecule has 0 atom stereocenters. The maximum Gasteiger partial charge on any atom is 0.340 e. The number of fused-ring (bicyclic) bond motifs is 3. The van der Waals surface area contributed by atoms with Crippen LogP contribution < -0.4 is 4.90 Å². The van der Waals surface area contributed by atoms with Crippen LogP contribution in [0.4, 0.5) is 5.69 Å². The molecule has 1 saturated carbocycles. The summed E-state index contributed by atoms with van der Waals surface area (Å²) in [6.45, 7) is 6.20. The number of carbonyl (C=O) groups excluding carboxylic acids is 2. The molecule has 3 aromatic rings. The van der Waals surface area contributed by atoms with Crippen LogP contribution in [0.2, 0.25) is 0 Å². The van der Waals surface area contributed by atoms with Gasteiger partial charge in [0.1, 0.15) is 11.2 Å². The first kappa shape index (κ1) is 22.7. The fraction of sp³-hybridized carbons (Fsp3) is 0.462. The Hall–Kier alpha value is -2.53. The average molecular weight is 456 g/mol. The van der Waals surface area contributed by atoms with E-state index in [-0.39, 0.29) is 17.9 Å². The largest absolute Gasteiger partial charge is 0.465 e. The number of nitrogens with zero attached hydrogens (tertiary/aromatic N) is 1. The van der Waals surface area contributed by atoms with E-state index in [1.54, 1.807) is 11.0 Å². The van der Waals surface area contributed by atoms with Gasteiger partial charge in [0, 0.05) is 28.6 Å². The Morgan fingerprint density at radius 1 is 1.09 bits per heavy atom. The SMILES string of the molecule is COC(=O)c1cc2oc3ccc(CCl)cc3c2cc1N(C(=O)[C@H]1CC[C@H](C)CC1)C(C)C. The zero-order valence-corrected chi connectivity index (χ0v) is 19.9. The molecule has 1 heterocycles. The molecule has 1 aliphatic carbocycles. The second-order valence-electron chi connectivity index (χ2n) is 9.18. The van der Waals surface area contributed by atoms with Crippen molar-refractivity contribution in [3.05, 3.63) is 41.5 Å². The number of benzene rings is 2. The van der Waals surface area contributed by atoms with E-state index in [1.807, 2.05) is 38.1 Å². The van der Waals surface area contributed by atoms with Crippen LogP contribution in [0.3, 0.4) is 0 Å². The number of hydrogen-bond donors (Lipinski definition) is 0. The van der Waals surface area contributed by atoms with Crippen molar-refractivity contribution in [1.29, 1.82) is 0 Å². The minimum atomic E-state index is -0.487. The van der Waals surface area contributed by atoms with E-state index in [9.17, 15) is 9.59 Å². The van der Waals surface area contributed by atoms with Crippen LogP contribution in [0.15, 0.2) is 34.7 Å². The Bertz CT molecular complexity index is 1160. The summed E-state index contributed by atoms with van der Waals surface area (Å²) in [5.41, 5.74) is 3.18. The van der Waals surface area contributed by atoms with E-state index >= 15 is 0 Å². The molecular formula is C26H30ClNO4. The number of halogens is 1. The van der Waals surface area contributed by atoms with Crippen molar-refractivity contribution in [2.24, 2.45) is 11.8 Å². The number of anilines is 1. The monoisotopic (exact) mass is 455 g/mol. The van der Waals surface area contributed by atoms with Gasteiger partial charge in [0.15, 0.2) is 0 Å². The number of hydrogen-bond acceptors (Lipinski definition) is 4. The van der Waals surface area contributed by atoms with Gasteiger partial charge in [-0.2, -0.15) is 0 Å². The summed E-state index contributed by atoms with van der Waals surface area (Å²) in [6.07, 6.45) is 3.87. The van der Waals surface area contributed by atoms with Crippen LogP contribution in [0.25, 0.3) is 21.9 Å². The molecule has 0 saturated heterocycles. The highest BCUT2D eigenvalue weighted by molar-refractivity contribution is 6.17. The number of alkyl halides is 1. The molecule has 1 aliphatic rings. The van der Waals surface area contributed by atoms with Crippen LogP contribution >= 0.6 is 11.6 Å². The molecule has 32 heavy (non-hydrogen) atoms. The van der Waals surface area contributed by atoms with Gasteiger partial charge in [-0.05, 0) is 75.3 Å². The van der Waals surface area contributed by atoms with Gasteiger partial charge in [-0.3, -0.25) is 4.79 Å². The maximum absolute atomic E-state index is 13.7. The van der Waals surface area contributed by atoms with E-state index in [0.29, 0.717) is 34.2 Å². The number of esters is 1. The van der Waals surface area contributed by atoms with Gasteiger partial charge in [-0.15, -0.1) is 11.6 Å². The predicted molar refractivity (Wildman–Crippen MR) is 128 cm³/mol. The van der Waals surface area contributed by atoms with E-state index in [1.165, 1.54) is 7.11 Å². The zero-order chi connectivity index (χ0) is 23.0. The molecule has 6 heteroatoms. The van der Waals surface area contributed by atoms with Gasteiger partial charge in [-0.1, -0.05) is 13.0 Å². The molecule has 1 amide bonds. The number of rotatable bonds is 5. The van der Waals surface area contributed by atoms with Crippen LogP contribution in [0, 0.1) is 11.8 Å². The second kappa shape index (κ2) is 9.14. The molecule has 170 valence electrons. The van der Waals surface area contributed by atoms with Crippen molar-refractivity contribution < 1.29 is 18.7 Å². The Kier molecular flexibility index (Phi) is 6.47. The summed E-state index contributed by atoms with van der Waals surface area (Å²) in [4.78, 5) is 28.2. The lowest BCUT2D eigenvalue weighted by molar-refractivity contribution is -0.123. The third kappa shape index (κ3) is 4.11. The highest BCUT2D eigenvalue weighted by atomic mass is 35.5. The van der Waals surface area contributed by atoms with Crippen molar-refractivity contribution in [2.45, 2.75) is 58.4 Å². The Morgan fingerprint density at radius 3 is 2.41 bits per heavy atom. The molecule has 1 fully saturated rings. The minimum Gasteiger partial charge on any atom is -0.465 e. The van der Waals surface area contributed by atoms with Crippen LogP contribution in [-0.4, -0.2) is 25.0 Å². The van der Waals surface area contributed by atoms with Gasteiger partial charge >= 0.3 is 5.97 Å². The van der Waals surface area contributed by atoms with Gasteiger partial charge in [0.25, 0.3) is 0 Å². The minimum absolute atomic E-state index is 0.0289. The average Bonchev–Trinajstić information content (AvgIpc) is 3.15. The molecule has 5 nitrogen and oxygen atoms in total. The second-order valence-corrected chi connectivity index (χ2v) is 9.45. The van der Waals surface area contributed by atoms with E-state index < -0.39 is 5.97 Å². The number of amides is 1. The molecule has 0 radical (unpaired) electrons. The van der Waals surface area contributed by atoms with Crippen LogP contribution in [-0.2, 0) is 15.4 Å². The van der Waals surface area contributed by atoms with Crippen molar-refractivity contribution in [2.75, 3.05) is 12.0 Å². The summed E-state index contributed by atoms with van der Waals surface area (Å²) < 4.78 is 11.1. The lowest BCUT2D eigenvalue weighted by Crippen LogP contribution is -2.43. The third-order valence-corrected chi connectivity index (χ3v) is 6.90. The summed E-state index contributed by atoms with van der Waals surface area (Å²) in [5.74, 6) is 0.609. The lowest BCUT2D eigenvalue weighted by atomic mass is 9.82. The molecule has 0 bridgehead atoms. The molecule has 0 spiro atoms. The van der Waals surface area contributed by atoms with Crippen LogP contribution in [0.5, 0.6) is 0 Å². The summed E-state index contributed by atoms with van der Waals surface area (Å²) in [6, 6.07) is 9.29. The fourth-order valence-corrected chi connectivity index (χ4v) is 4.94. The molecule has 0 aliphatic heterocycles. The van der Waals surface area contributed by atoms with Crippen molar-refractivity contribution in [3.63, 3.8) is 0 Å². The van der Waals surface area contributed by atoms with Crippen molar-refractivity contribution in [3.8, 4) is 0 Å². The topological polar surface area (TPSA) is 59.8 Å². The quantitative estimate of drug-likeness (QED) is 0.318. The normalized spacial score (nSPS) is 18.9. The van der Waals surface area contributed by atoms with Crippen molar-refractivity contribution in [1.82, 2.24) is 0 Å². The van der Waals surface area contributed by atoms with E-state index in [4.69, 9.17) is 20.8 Å². The molecular weight excluding hydrogens is 426 g/mol. The standard InChI is InChI=1S/C26H30ClNO4/c1-15(2)28(25(29)18-8-5-16(3)6-9-18)22-12-20-19-11-17(14-27)7-10-23(19)32-24(20)13-21(22)26(30)31-4/h7,10-13,15-16,18H,5-6,8-9,14H2,1-4H3/t16-,18-. The van der Waals surface area contributed by atoms with Gasteiger partial charge in [-0.25, -0.2) is 4.79 Å². The molecule has 0 unspecified atom stereocenters. The van der Waals surface area contributed by atoms with Gasteiger partial charge in [0.2, 0.25) is 5.91 Å². The third-order valence-electron chi connectivity index (χ3n) is 6.59. The van der Waals surface area contributed by atoms with Crippen LogP contribution in [0.1, 0.15) is 62.4 Å². The van der Waals surface area contributed by atoms with Crippen molar-refractivity contribution >= 4 is 51.1 Å². The highest BCUT2D eigenvalue weighted by Crippen LogP contribution is 2.38. The highest BCUT2D eigenvalue weighted by Gasteiger charge is 2.33. The van der Waals surface area contributed by atoms with E-state index in [0.717, 1.165) is 42.0 Å². The maximum atomic E-state index is 13.7. The van der Waals surface area contributed by atoms with Gasteiger partial charge in [0.05, 0.1) is 18.4 Å². The predicted octanol–water partition coefficient (Wildman–Crippen LogP) is 6.68. The lowest BCUT2D eigenvalue weighted by Gasteiger charge is -2.34. The summed E-state index contributed by atoms with van der Waals surface area (Å²) in [7, 11) is 1.35. The molecule has 0 N–H and O–H groups in total. The van der Waals surface area contributed by atoms with E-state index in [2.05, 4.69) is 6.92 Å². The smallest absolute Gasteiger partial charge is 0.340 e. The molecule has 1 aromatic heterocycles. The number of ether oxygens (including phenoxy) is 1. The Labute approximate surface area is 193 Å². The first-order chi connectivity index (χ1) is 15.3. The number of furan rings is 1.